The van der Waals surface area contributed by atoms with E-state index in [1.165, 1.54) is 0 Å². The normalized spacial score (nSPS) is 18.7. The van der Waals surface area contributed by atoms with Gasteiger partial charge in [-0.2, -0.15) is 13.2 Å². The Balaban J connectivity index is 1.74. The fraction of sp³-hybridized carbons (Fsp3) is 0.450. The first-order valence-corrected chi connectivity index (χ1v) is 11.7. The van der Waals surface area contributed by atoms with Gasteiger partial charge in [0, 0.05) is 23.2 Å². The van der Waals surface area contributed by atoms with E-state index in [2.05, 4.69) is 33.9 Å². The number of benzene rings is 1. The molecule has 0 saturated heterocycles. The number of fused-ring (bicyclic) bond motifs is 1. The molecule has 1 aliphatic carbocycles. The lowest BCUT2D eigenvalue weighted by atomic mass is 10.0. The first-order valence-electron chi connectivity index (χ1n) is 9.50. The van der Waals surface area contributed by atoms with E-state index in [1.807, 2.05) is 18.2 Å². The monoisotopic (exact) mass is 408 g/mol. The molecule has 4 rings (SSSR count). The molecule has 2 aliphatic rings. The minimum absolute atomic E-state index is 0.0999. The van der Waals surface area contributed by atoms with Crippen molar-refractivity contribution in [2.45, 2.75) is 37.9 Å². The number of hydrogen-bond acceptors (Lipinski definition) is 3. The molecule has 1 aromatic heterocycles. The molecular formula is C20H24F3N4P. The second kappa shape index (κ2) is 7.43. The molecule has 1 aromatic carbocycles. The number of nitrogens with zero attached hydrogens (tertiary/aromatic N) is 1. The van der Waals surface area contributed by atoms with Crippen molar-refractivity contribution in [3.8, 4) is 0 Å². The summed E-state index contributed by atoms with van der Waals surface area (Å²) >= 11 is 0. The number of aromatic nitrogens is 1. The SMILES string of the molecule is CP(C)c1cccc2c(C3=C(C(F)(F)F)CN=C(NC4CCCC4)N3)c[nH]c12. The summed E-state index contributed by atoms with van der Waals surface area (Å²) in [6.07, 6.45) is 1.58. The van der Waals surface area contributed by atoms with Gasteiger partial charge < -0.3 is 15.6 Å². The largest absolute Gasteiger partial charge is 0.416 e. The van der Waals surface area contributed by atoms with Crippen LogP contribution in [0.3, 0.4) is 0 Å². The second-order valence-corrected chi connectivity index (χ2v) is 9.83. The van der Waals surface area contributed by atoms with Crippen LogP contribution in [-0.4, -0.2) is 43.0 Å². The summed E-state index contributed by atoms with van der Waals surface area (Å²) in [4.78, 5) is 7.35. The van der Waals surface area contributed by atoms with Crippen molar-refractivity contribution in [3.05, 3.63) is 35.5 Å². The molecule has 2 heterocycles. The third-order valence-corrected chi connectivity index (χ3v) is 6.76. The summed E-state index contributed by atoms with van der Waals surface area (Å²) in [5.74, 6) is 0.439. The average molecular weight is 408 g/mol. The summed E-state index contributed by atoms with van der Waals surface area (Å²) in [6.45, 7) is 3.90. The molecule has 28 heavy (non-hydrogen) atoms. The van der Waals surface area contributed by atoms with Crippen LogP contribution in [0.2, 0.25) is 0 Å². The number of hydrogen-bond donors (Lipinski definition) is 3. The Morgan fingerprint density at radius 1 is 1.18 bits per heavy atom. The van der Waals surface area contributed by atoms with Crippen molar-refractivity contribution in [2.24, 2.45) is 4.99 Å². The van der Waals surface area contributed by atoms with Crippen LogP contribution in [-0.2, 0) is 0 Å². The highest BCUT2D eigenvalue weighted by atomic mass is 31.1. The maximum absolute atomic E-state index is 13.7. The van der Waals surface area contributed by atoms with Gasteiger partial charge in [-0.05, 0) is 31.5 Å². The van der Waals surface area contributed by atoms with Gasteiger partial charge in [-0.25, -0.2) is 4.99 Å². The summed E-state index contributed by atoms with van der Waals surface area (Å²) < 4.78 is 41.2. The molecule has 1 saturated carbocycles. The number of guanidine groups is 1. The van der Waals surface area contributed by atoms with Gasteiger partial charge in [0.1, 0.15) is 0 Å². The van der Waals surface area contributed by atoms with Gasteiger partial charge in [0.15, 0.2) is 5.96 Å². The number of halogens is 3. The Labute approximate surface area is 163 Å². The lowest BCUT2D eigenvalue weighted by Crippen LogP contribution is -2.44. The van der Waals surface area contributed by atoms with Crippen LogP contribution in [0, 0.1) is 0 Å². The maximum Gasteiger partial charge on any atom is 0.416 e. The van der Waals surface area contributed by atoms with E-state index in [0.717, 1.165) is 41.9 Å². The van der Waals surface area contributed by atoms with Gasteiger partial charge >= 0.3 is 6.18 Å². The van der Waals surface area contributed by atoms with E-state index >= 15 is 0 Å². The van der Waals surface area contributed by atoms with Gasteiger partial charge in [-0.15, -0.1) is 0 Å². The van der Waals surface area contributed by atoms with Crippen LogP contribution < -0.4 is 15.9 Å². The van der Waals surface area contributed by atoms with Crippen LogP contribution >= 0.6 is 7.92 Å². The standard InChI is InChI=1S/C20H24F3N4P/c1-28(2)16-9-5-8-13-14(10-24-18(13)16)17-15(20(21,22)23)11-25-19(27-17)26-12-6-3-4-7-12/h5,8-10,12,24H,3-4,6-7,11H2,1-2H3,(H2,25,26,27). The van der Waals surface area contributed by atoms with Crippen molar-refractivity contribution in [2.75, 3.05) is 19.9 Å². The third kappa shape index (κ3) is 3.64. The molecule has 3 N–H and O–H groups in total. The van der Waals surface area contributed by atoms with Crippen LogP contribution in [0.25, 0.3) is 16.6 Å². The molecule has 8 heteroatoms. The average Bonchev–Trinajstić information content (AvgIpc) is 3.29. The van der Waals surface area contributed by atoms with E-state index in [0.29, 0.717) is 11.5 Å². The summed E-state index contributed by atoms with van der Waals surface area (Å²) in [5.41, 5.74) is 0.924. The van der Waals surface area contributed by atoms with Crippen LogP contribution in [0.1, 0.15) is 31.2 Å². The predicted molar refractivity (Wildman–Crippen MR) is 111 cm³/mol. The first-order chi connectivity index (χ1) is 13.3. The number of para-hydroxylation sites is 1. The zero-order chi connectivity index (χ0) is 19.9. The minimum atomic E-state index is -4.44. The number of nitrogens with one attached hydrogen (secondary N) is 3. The van der Waals surface area contributed by atoms with Gasteiger partial charge in [0.05, 0.1) is 23.3 Å². The smallest absolute Gasteiger partial charge is 0.360 e. The van der Waals surface area contributed by atoms with Gasteiger partial charge in [0.2, 0.25) is 0 Å². The Morgan fingerprint density at radius 3 is 2.61 bits per heavy atom. The topological polar surface area (TPSA) is 52.2 Å². The Bertz CT molecular complexity index is 937. The Morgan fingerprint density at radius 2 is 1.93 bits per heavy atom. The first kappa shape index (κ1) is 19.3. The van der Waals surface area contributed by atoms with Crippen molar-refractivity contribution < 1.29 is 13.2 Å². The van der Waals surface area contributed by atoms with Gasteiger partial charge in [0.25, 0.3) is 0 Å². The molecule has 0 bridgehead atoms. The van der Waals surface area contributed by atoms with Crippen molar-refractivity contribution in [1.82, 2.24) is 15.6 Å². The fourth-order valence-electron chi connectivity index (χ4n) is 3.99. The molecule has 4 nitrogen and oxygen atoms in total. The minimum Gasteiger partial charge on any atom is -0.360 e. The number of aromatic amines is 1. The summed E-state index contributed by atoms with van der Waals surface area (Å²) in [6, 6.07) is 6.11. The van der Waals surface area contributed by atoms with Crippen LogP contribution in [0.4, 0.5) is 13.2 Å². The molecule has 0 radical (unpaired) electrons. The molecule has 0 spiro atoms. The van der Waals surface area contributed by atoms with E-state index in [9.17, 15) is 13.2 Å². The maximum atomic E-state index is 13.7. The fourth-order valence-corrected chi connectivity index (χ4v) is 5.01. The molecule has 2 aromatic rings. The molecule has 0 amide bonds. The van der Waals surface area contributed by atoms with Gasteiger partial charge in [-0.1, -0.05) is 39.0 Å². The van der Waals surface area contributed by atoms with E-state index in [-0.39, 0.29) is 26.2 Å². The summed E-state index contributed by atoms with van der Waals surface area (Å²) in [7, 11) is -0.377. The molecule has 0 unspecified atom stereocenters. The quantitative estimate of drug-likeness (QED) is 0.664. The zero-order valence-corrected chi connectivity index (χ0v) is 16.8. The molecular weight excluding hydrogens is 384 g/mol. The lowest BCUT2D eigenvalue weighted by molar-refractivity contribution is -0.0918. The van der Waals surface area contributed by atoms with Gasteiger partial charge in [-0.3, -0.25) is 0 Å². The molecule has 1 fully saturated rings. The summed E-state index contributed by atoms with van der Waals surface area (Å²) in [5, 5.41) is 8.21. The highest BCUT2D eigenvalue weighted by molar-refractivity contribution is 7.64. The van der Waals surface area contributed by atoms with Crippen molar-refractivity contribution in [1.29, 1.82) is 0 Å². The predicted octanol–water partition coefficient (Wildman–Crippen LogP) is 4.30. The van der Waals surface area contributed by atoms with Crippen molar-refractivity contribution >= 4 is 35.8 Å². The van der Waals surface area contributed by atoms with Crippen LogP contribution in [0.15, 0.2) is 35.0 Å². The lowest BCUT2D eigenvalue weighted by Gasteiger charge is -2.26. The highest BCUT2D eigenvalue weighted by Crippen LogP contribution is 2.37. The number of H-pyrrole nitrogens is 1. The molecule has 150 valence electrons. The van der Waals surface area contributed by atoms with E-state index < -0.39 is 11.7 Å². The zero-order valence-electron chi connectivity index (χ0n) is 16.0. The number of aliphatic imine (C=N–C) groups is 1. The van der Waals surface area contributed by atoms with Crippen molar-refractivity contribution in [3.63, 3.8) is 0 Å². The third-order valence-electron chi connectivity index (χ3n) is 5.42. The van der Waals surface area contributed by atoms with E-state index in [1.54, 1.807) is 6.20 Å². The Kier molecular flexibility index (Phi) is 5.13. The van der Waals surface area contributed by atoms with Crippen LogP contribution in [0.5, 0.6) is 0 Å². The molecule has 0 atom stereocenters. The number of alkyl halides is 3. The molecule has 1 aliphatic heterocycles. The second-order valence-electron chi connectivity index (χ2n) is 7.56. The Hall–Kier alpha value is -2.01. The number of rotatable bonds is 3. The van der Waals surface area contributed by atoms with E-state index in [4.69, 9.17) is 0 Å². The highest BCUT2D eigenvalue weighted by Gasteiger charge is 2.39.